The first kappa shape index (κ1) is 15.9. The molecule has 25 heavy (non-hydrogen) atoms. The highest BCUT2D eigenvalue weighted by Gasteiger charge is 2.27. The van der Waals surface area contributed by atoms with E-state index in [0.717, 1.165) is 60.2 Å². The van der Waals surface area contributed by atoms with Crippen LogP contribution in [0.1, 0.15) is 47.6 Å². The molecule has 0 spiro atoms. The van der Waals surface area contributed by atoms with Gasteiger partial charge in [0.2, 0.25) is 0 Å². The summed E-state index contributed by atoms with van der Waals surface area (Å²) in [5.74, 6) is 1.17. The van der Waals surface area contributed by atoms with Gasteiger partial charge in [0.25, 0.3) is 5.91 Å². The Morgan fingerprint density at radius 3 is 3.12 bits per heavy atom. The van der Waals surface area contributed by atoms with Gasteiger partial charge in [0.05, 0.1) is 23.3 Å². The van der Waals surface area contributed by atoms with Gasteiger partial charge in [-0.2, -0.15) is 5.10 Å². The summed E-state index contributed by atoms with van der Waals surface area (Å²) in [5, 5.41) is 8.07. The SMILES string of the molecule is CCc1nccn1[C@@H]1CCCN(C(=O)c2cc(C)cc3cn[nH]c23)C1. The van der Waals surface area contributed by atoms with E-state index in [4.69, 9.17) is 0 Å². The number of likely N-dealkylation sites (tertiary alicyclic amines) is 1. The van der Waals surface area contributed by atoms with Crippen molar-refractivity contribution in [3.63, 3.8) is 0 Å². The second kappa shape index (κ2) is 6.35. The minimum absolute atomic E-state index is 0.0841. The second-order valence-electron chi connectivity index (χ2n) is 6.80. The smallest absolute Gasteiger partial charge is 0.256 e. The van der Waals surface area contributed by atoms with Crippen LogP contribution in [0.25, 0.3) is 10.9 Å². The summed E-state index contributed by atoms with van der Waals surface area (Å²) >= 11 is 0. The van der Waals surface area contributed by atoms with Gasteiger partial charge < -0.3 is 9.47 Å². The van der Waals surface area contributed by atoms with Crippen molar-refractivity contribution in [3.05, 3.63) is 47.7 Å². The summed E-state index contributed by atoms with van der Waals surface area (Å²) in [6, 6.07) is 4.31. The maximum atomic E-state index is 13.2. The van der Waals surface area contributed by atoms with Crippen LogP contribution in [-0.4, -0.2) is 43.6 Å². The Morgan fingerprint density at radius 2 is 2.28 bits per heavy atom. The molecule has 1 aliphatic heterocycles. The zero-order chi connectivity index (χ0) is 17.4. The van der Waals surface area contributed by atoms with Crippen molar-refractivity contribution in [1.29, 1.82) is 0 Å². The van der Waals surface area contributed by atoms with Gasteiger partial charge in [-0.25, -0.2) is 4.98 Å². The van der Waals surface area contributed by atoms with Crippen molar-refractivity contribution in [2.24, 2.45) is 0 Å². The molecule has 0 bridgehead atoms. The summed E-state index contributed by atoms with van der Waals surface area (Å²) in [4.78, 5) is 19.6. The predicted octanol–water partition coefficient (Wildman–Crippen LogP) is 3.11. The van der Waals surface area contributed by atoms with Crippen LogP contribution in [0.4, 0.5) is 0 Å². The number of aromatic nitrogens is 4. The molecule has 0 unspecified atom stereocenters. The molecule has 0 aliphatic carbocycles. The van der Waals surface area contributed by atoms with E-state index in [0.29, 0.717) is 6.04 Å². The third kappa shape index (κ3) is 2.81. The Kier molecular flexibility index (Phi) is 4.03. The van der Waals surface area contributed by atoms with Crippen molar-refractivity contribution in [2.45, 2.75) is 39.2 Å². The predicted molar refractivity (Wildman–Crippen MR) is 96.6 cm³/mol. The second-order valence-corrected chi connectivity index (χ2v) is 6.80. The number of aromatic amines is 1. The first-order valence-corrected chi connectivity index (χ1v) is 8.92. The number of rotatable bonds is 3. The standard InChI is InChI=1S/C19H23N5O/c1-3-17-20-6-8-24(17)15-5-4-7-23(12-15)19(25)16-10-13(2)9-14-11-21-22-18(14)16/h6,8-11,15H,3-5,7,12H2,1-2H3,(H,21,22)/t15-/m1/s1. The van der Waals surface area contributed by atoms with E-state index in [2.05, 4.69) is 26.7 Å². The van der Waals surface area contributed by atoms with E-state index < -0.39 is 0 Å². The van der Waals surface area contributed by atoms with Crippen LogP contribution in [0.2, 0.25) is 0 Å². The summed E-state index contributed by atoms with van der Waals surface area (Å²) in [5.41, 5.74) is 2.62. The van der Waals surface area contributed by atoms with Gasteiger partial charge in [-0.15, -0.1) is 0 Å². The summed E-state index contributed by atoms with van der Waals surface area (Å²) < 4.78 is 2.24. The zero-order valence-corrected chi connectivity index (χ0v) is 14.7. The van der Waals surface area contributed by atoms with Crippen molar-refractivity contribution < 1.29 is 4.79 Å². The fourth-order valence-electron chi connectivity index (χ4n) is 3.86. The largest absolute Gasteiger partial charge is 0.337 e. The number of hydrogen-bond donors (Lipinski definition) is 1. The number of aryl methyl sites for hydroxylation is 2. The number of nitrogens with zero attached hydrogens (tertiary/aromatic N) is 4. The third-order valence-corrected chi connectivity index (χ3v) is 5.07. The van der Waals surface area contributed by atoms with Gasteiger partial charge in [0.15, 0.2) is 0 Å². The quantitative estimate of drug-likeness (QED) is 0.798. The maximum Gasteiger partial charge on any atom is 0.256 e. The molecule has 1 aromatic carbocycles. The van der Waals surface area contributed by atoms with Crippen molar-refractivity contribution >= 4 is 16.8 Å². The molecule has 1 atom stereocenters. The Bertz CT molecular complexity index is 910. The molecule has 1 saturated heterocycles. The fourth-order valence-corrected chi connectivity index (χ4v) is 3.86. The molecule has 2 aromatic heterocycles. The molecule has 0 radical (unpaired) electrons. The Morgan fingerprint density at radius 1 is 1.40 bits per heavy atom. The number of H-pyrrole nitrogens is 1. The van der Waals surface area contributed by atoms with Crippen LogP contribution in [0, 0.1) is 6.92 Å². The van der Waals surface area contributed by atoms with E-state index in [-0.39, 0.29) is 5.91 Å². The lowest BCUT2D eigenvalue weighted by Crippen LogP contribution is -2.41. The molecule has 1 aliphatic rings. The molecular formula is C19H23N5O. The van der Waals surface area contributed by atoms with Crippen LogP contribution in [0.3, 0.4) is 0 Å². The highest BCUT2D eigenvalue weighted by atomic mass is 16.2. The third-order valence-electron chi connectivity index (χ3n) is 5.07. The normalized spacial score (nSPS) is 18.0. The Labute approximate surface area is 146 Å². The van der Waals surface area contributed by atoms with Crippen LogP contribution >= 0.6 is 0 Å². The van der Waals surface area contributed by atoms with Gasteiger partial charge in [-0.1, -0.05) is 6.92 Å². The number of benzene rings is 1. The van der Waals surface area contributed by atoms with E-state index in [1.54, 1.807) is 6.20 Å². The molecule has 1 N–H and O–H groups in total. The number of carbonyl (C=O) groups excluding carboxylic acids is 1. The van der Waals surface area contributed by atoms with Crippen LogP contribution in [0.15, 0.2) is 30.7 Å². The number of hydrogen-bond acceptors (Lipinski definition) is 3. The summed E-state index contributed by atoms with van der Waals surface area (Å²) in [7, 11) is 0. The fraction of sp³-hybridized carbons (Fsp3) is 0.421. The first-order valence-electron chi connectivity index (χ1n) is 8.92. The van der Waals surface area contributed by atoms with Gasteiger partial charge in [-0.05, 0) is 37.5 Å². The lowest BCUT2D eigenvalue weighted by atomic mass is 10.0. The number of piperidine rings is 1. The first-order chi connectivity index (χ1) is 12.2. The van der Waals surface area contributed by atoms with Gasteiger partial charge >= 0.3 is 0 Å². The minimum Gasteiger partial charge on any atom is -0.337 e. The van der Waals surface area contributed by atoms with Gasteiger partial charge in [-0.3, -0.25) is 9.89 Å². The molecule has 4 rings (SSSR count). The van der Waals surface area contributed by atoms with Crippen LogP contribution in [0.5, 0.6) is 0 Å². The average molecular weight is 337 g/mol. The number of fused-ring (bicyclic) bond motifs is 1. The van der Waals surface area contributed by atoms with Crippen molar-refractivity contribution in [3.8, 4) is 0 Å². The zero-order valence-electron chi connectivity index (χ0n) is 14.7. The minimum atomic E-state index is 0.0841. The van der Waals surface area contributed by atoms with Crippen molar-refractivity contribution in [2.75, 3.05) is 13.1 Å². The van der Waals surface area contributed by atoms with Crippen LogP contribution in [-0.2, 0) is 6.42 Å². The van der Waals surface area contributed by atoms with Crippen molar-refractivity contribution in [1.82, 2.24) is 24.6 Å². The highest BCUT2D eigenvalue weighted by molar-refractivity contribution is 6.05. The molecule has 3 aromatic rings. The maximum absolute atomic E-state index is 13.2. The van der Waals surface area contributed by atoms with Crippen LogP contribution < -0.4 is 0 Å². The number of nitrogens with one attached hydrogen (secondary N) is 1. The number of amides is 1. The van der Waals surface area contributed by atoms with E-state index >= 15 is 0 Å². The Hall–Kier alpha value is -2.63. The summed E-state index contributed by atoms with van der Waals surface area (Å²) in [6.45, 7) is 5.66. The highest BCUT2D eigenvalue weighted by Crippen LogP contribution is 2.26. The summed E-state index contributed by atoms with van der Waals surface area (Å²) in [6.07, 6.45) is 8.67. The lowest BCUT2D eigenvalue weighted by molar-refractivity contribution is 0.0679. The molecule has 3 heterocycles. The van der Waals surface area contributed by atoms with E-state index in [1.165, 1.54) is 0 Å². The molecule has 6 heteroatoms. The van der Waals surface area contributed by atoms with Gasteiger partial charge in [0, 0.05) is 37.3 Å². The topological polar surface area (TPSA) is 66.8 Å². The molecule has 130 valence electrons. The number of carbonyl (C=O) groups is 1. The number of imidazole rings is 1. The lowest BCUT2D eigenvalue weighted by Gasteiger charge is -2.34. The molecule has 1 fully saturated rings. The van der Waals surface area contributed by atoms with E-state index in [1.807, 2.05) is 36.4 Å². The average Bonchev–Trinajstić information content (AvgIpc) is 3.29. The molecule has 0 saturated carbocycles. The molecule has 6 nitrogen and oxygen atoms in total. The monoisotopic (exact) mass is 337 g/mol. The van der Waals surface area contributed by atoms with Gasteiger partial charge in [0.1, 0.15) is 5.82 Å². The molecule has 1 amide bonds. The Balaban J connectivity index is 1.62. The van der Waals surface area contributed by atoms with E-state index in [9.17, 15) is 4.79 Å². The molecular weight excluding hydrogens is 314 g/mol.